The lowest BCUT2D eigenvalue weighted by molar-refractivity contribution is 0.246. The van der Waals surface area contributed by atoms with Crippen molar-refractivity contribution in [3.05, 3.63) is 53.3 Å². The number of aromatic nitrogens is 1. The second-order valence-corrected chi connectivity index (χ2v) is 6.00. The van der Waals surface area contributed by atoms with Crippen molar-refractivity contribution in [1.29, 1.82) is 0 Å². The van der Waals surface area contributed by atoms with E-state index in [4.69, 9.17) is 4.74 Å². The molecule has 0 radical (unpaired) electrons. The molecule has 1 atom stereocenters. The van der Waals surface area contributed by atoms with Crippen LogP contribution in [-0.2, 0) is 6.42 Å². The molecule has 3 aromatic rings. The minimum absolute atomic E-state index is 0.0407. The summed E-state index contributed by atoms with van der Waals surface area (Å²) in [5.74, 6) is 0.586. The number of anilines is 1. The van der Waals surface area contributed by atoms with Gasteiger partial charge in [0.15, 0.2) is 0 Å². The fraction of sp³-hybridized carbons (Fsp3) is 0.188. The molecule has 0 aliphatic carbocycles. The molecule has 0 fully saturated rings. The highest BCUT2D eigenvalue weighted by molar-refractivity contribution is 7.16. The van der Waals surface area contributed by atoms with E-state index in [0.29, 0.717) is 6.54 Å². The maximum Gasteiger partial charge on any atom is 0.123 e. The van der Waals surface area contributed by atoms with Crippen molar-refractivity contribution >= 4 is 27.2 Å². The third-order valence-electron chi connectivity index (χ3n) is 3.63. The van der Waals surface area contributed by atoms with Crippen LogP contribution in [0.15, 0.2) is 41.9 Å². The highest BCUT2D eigenvalue weighted by Crippen LogP contribution is 2.29. The van der Waals surface area contributed by atoms with Gasteiger partial charge in [0.2, 0.25) is 0 Å². The molecular weight excluding hydrogens is 287 g/mol. The third-order valence-corrected chi connectivity index (χ3v) is 4.42. The van der Waals surface area contributed by atoms with E-state index >= 15 is 0 Å². The number of fused-ring (bicyclic) bond motifs is 2. The molecule has 5 heteroatoms. The summed E-state index contributed by atoms with van der Waals surface area (Å²) in [4.78, 5) is 4.26. The Morgan fingerprint density at radius 2 is 2.24 bits per heavy atom. The standard InChI is InChI=1S/C16H13FN2OS/c17-11-1-4-15-10(5-11)6-13(20-15)8-18-12-2-3-14-16(7-12)21-9-19-14/h1-5,7,9,13,18H,6,8H2. The molecule has 1 unspecified atom stereocenters. The largest absolute Gasteiger partial charge is 0.488 e. The van der Waals surface area contributed by atoms with Gasteiger partial charge in [-0.2, -0.15) is 0 Å². The van der Waals surface area contributed by atoms with Gasteiger partial charge in [-0.25, -0.2) is 9.37 Å². The van der Waals surface area contributed by atoms with Crippen molar-refractivity contribution in [2.24, 2.45) is 0 Å². The Morgan fingerprint density at radius 1 is 1.29 bits per heavy atom. The second-order valence-electron chi connectivity index (χ2n) is 5.11. The number of benzene rings is 2. The molecule has 21 heavy (non-hydrogen) atoms. The lowest BCUT2D eigenvalue weighted by Gasteiger charge is -2.12. The van der Waals surface area contributed by atoms with Crippen LogP contribution >= 0.6 is 11.3 Å². The summed E-state index contributed by atoms with van der Waals surface area (Å²) >= 11 is 1.63. The summed E-state index contributed by atoms with van der Waals surface area (Å²) in [6, 6.07) is 10.8. The zero-order valence-corrected chi connectivity index (χ0v) is 12.0. The van der Waals surface area contributed by atoms with Crippen LogP contribution in [0.4, 0.5) is 10.1 Å². The number of hydrogen-bond donors (Lipinski definition) is 1. The van der Waals surface area contributed by atoms with E-state index < -0.39 is 0 Å². The fourth-order valence-electron chi connectivity index (χ4n) is 2.60. The maximum absolute atomic E-state index is 13.2. The van der Waals surface area contributed by atoms with Crippen molar-refractivity contribution in [3.8, 4) is 5.75 Å². The summed E-state index contributed by atoms with van der Waals surface area (Å²) in [5.41, 5.74) is 4.86. The van der Waals surface area contributed by atoms with Crippen LogP contribution in [0.25, 0.3) is 10.2 Å². The Balaban J connectivity index is 1.43. The Hall–Kier alpha value is -2.14. The Morgan fingerprint density at radius 3 is 3.19 bits per heavy atom. The van der Waals surface area contributed by atoms with Crippen LogP contribution in [0.1, 0.15) is 5.56 Å². The van der Waals surface area contributed by atoms with Crippen molar-refractivity contribution < 1.29 is 9.13 Å². The van der Waals surface area contributed by atoms with Gasteiger partial charge in [0.05, 0.1) is 22.3 Å². The lowest BCUT2D eigenvalue weighted by atomic mass is 10.1. The molecular formula is C16H13FN2OS. The van der Waals surface area contributed by atoms with Crippen LogP contribution < -0.4 is 10.1 Å². The van der Waals surface area contributed by atoms with E-state index in [-0.39, 0.29) is 11.9 Å². The molecule has 2 aromatic carbocycles. The molecule has 1 aliphatic heterocycles. The smallest absolute Gasteiger partial charge is 0.123 e. The van der Waals surface area contributed by atoms with Crippen LogP contribution in [0.2, 0.25) is 0 Å². The monoisotopic (exact) mass is 300 g/mol. The van der Waals surface area contributed by atoms with Gasteiger partial charge in [-0.05, 0) is 36.4 Å². The Kier molecular flexibility index (Phi) is 3.00. The first kappa shape index (κ1) is 12.6. The van der Waals surface area contributed by atoms with Crippen molar-refractivity contribution in [2.75, 3.05) is 11.9 Å². The van der Waals surface area contributed by atoms with Crippen LogP contribution in [0, 0.1) is 5.82 Å². The van der Waals surface area contributed by atoms with Crippen molar-refractivity contribution in [2.45, 2.75) is 12.5 Å². The van der Waals surface area contributed by atoms with Gasteiger partial charge >= 0.3 is 0 Å². The van der Waals surface area contributed by atoms with Crippen LogP contribution in [-0.4, -0.2) is 17.6 Å². The van der Waals surface area contributed by atoms with E-state index in [1.54, 1.807) is 23.5 Å². The zero-order valence-electron chi connectivity index (χ0n) is 11.2. The average molecular weight is 300 g/mol. The first-order valence-electron chi connectivity index (χ1n) is 6.80. The molecule has 1 aliphatic rings. The van der Waals surface area contributed by atoms with Crippen LogP contribution in [0.3, 0.4) is 0 Å². The van der Waals surface area contributed by atoms with Crippen LogP contribution in [0.5, 0.6) is 5.75 Å². The molecule has 3 nitrogen and oxygen atoms in total. The molecule has 0 bridgehead atoms. The summed E-state index contributed by atoms with van der Waals surface area (Å²) in [6.45, 7) is 0.695. The van der Waals surface area contributed by atoms with Gasteiger partial charge < -0.3 is 10.1 Å². The molecule has 0 saturated heterocycles. The predicted molar refractivity (Wildman–Crippen MR) is 82.6 cm³/mol. The summed E-state index contributed by atoms with van der Waals surface area (Å²) in [6.07, 6.45) is 0.780. The molecule has 0 saturated carbocycles. The number of nitrogens with one attached hydrogen (secondary N) is 1. The Labute approximate surface area is 125 Å². The number of halogens is 1. The SMILES string of the molecule is Fc1ccc2c(c1)CC(CNc1ccc3ncsc3c1)O2. The molecule has 4 rings (SSSR count). The van der Waals surface area contributed by atoms with E-state index in [1.807, 2.05) is 17.6 Å². The molecule has 2 heterocycles. The summed E-state index contributed by atoms with van der Waals surface area (Å²) < 4.78 is 20.2. The maximum atomic E-state index is 13.2. The summed E-state index contributed by atoms with van der Waals surface area (Å²) in [7, 11) is 0. The van der Waals surface area contributed by atoms with Crippen molar-refractivity contribution in [1.82, 2.24) is 4.98 Å². The number of hydrogen-bond acceptors (Lipinski definition) is 4. The second kappa shape index (κ2) is 5.00. The van der Waals surface area contributed by atoms with Gasteiger partial charge in [0.25, 0.3) is 0 Å². The molecule has 0 amide bonds. The van der Waals surface area contributed by atoms with Gasteiger partial charge in [-0.3, -0.25) is 0 Å². The highest BCUT2D eigenvalue weighted by Gasteiger charge is 2.22. The van der Waals surface area contributed by atoms with E-state index in [2.05, 4.69) is 16.4 Å². The third kappa shape index (κ3) is 2.45. The average Bonchev–Trinajstić information content (AvgIpc) is 3.09. The van der Waals surface area contributed by atoms with Gasteiger partial charge in [-0.1, -0.05) is 0 Å². The van der Waals surface area contributed by atoms with Gasteiger partial charge in [0, 0.05) is 17.7 Å². The minimum atomic E-state index is -0.207. The lowest BCUT2D eigenvalue weighted by Crippen LogP contribution is -2.23. The van der Waals surface area contributed by atoms with E-state index in [0.717, 1.165) is 33.6 Å². The quantitative estimate of drug-likeness (QED) is 0.797. The van der Waals surface area contributed by atoms with E-state index in [1.165, 1.54) is 6.07 Å². The van der Waals surface area contributed by atoms with Crippen molar-refractivity contribution in [3.63, 3.8) is 0 Å². The number of thiazole rings is 1. The Bertz CT molecular complexity index is 802. The number of rotatable bonds is 3. The normalized spacial score (nSPS) is 16.7. The van der Waals surface area contributed by atoms with Gasteiger partial charge in [-0.15, -0.1) is 11.3 Å². The number of nitrogens with zero attached hydrogens (tertiary/aromatic N) is 1. The highest BCUT2D eigenvalue weighted by atomic mass is 32.1. The predicted octanol–water partition coefficient (Wildman–Crippen LogP) is 3.85. The fourth-order valence-corrected chi connectivity index (χ4v) is 3.32. The molecule has 1 N–H and O–H groups in total. The molecule has 0 spiro atoms. The van der Waals surface area contributed by atoms with E-state index in [9.17, 15) is 4.39 Å². The minimum Gasteiger partial charge on any atom is -0.488 e. The molecule has 106 valence electrons. The van der Waals surface area contributed by atoms with Gasteiger partial charge in [0.1, 0.15) is 17.7 Å². The first-order valence-corrected chi connectivity index (χ1v) is 7.68. The number of ether oxygens (including phenoxy) is 1. The summed E-state index contributed by atoms with van der Waals surface area (Å²) in [5, 5.41) is 3.38. The topological polar surface area (TPSA) is 34.2 Å². The first-order chi connectivity index (χ1) is 10.3. The molecule has 1 aromatic heterocycles. The zero-order chi connectivity index (χ0) is 14.2.